The Morgan fingerprint density at radius 3 is 3.00 bits per heavy atom. The van der Waals surface area contributed by atoms with Crippen molar-refractivity contribution in [3.05, 3.63) is 40.2 Å². The molecule has 1 aromatic rings. The molecule has 20 heavy (non-hydrogen) atoms. The minimum atomic E-state index is -1.24. The third-order valence-corrected chi connectivity index (χ3v) is 3.74. The third-order valence-electron chi connectivity index (χ3n) is 2.58. The van der Waals surface area contributed by atoms with Gasteiger partial charge >= 0.3 is 6.17 Å². The SMILES string of the molecule is CCCSCCN=C(Cc1cccnc1)C(N)[N+](=O)[O-]. The van der Waals surface area contributed by atoms with E-state index in [1.807, 2.05) is 6.07 Å². The summed E-state index contributed by atoms with van der Waals surface area (Å²) in [6.07, 6.45) is 3.58. The summed E-state index contributed by atoms with van der Waals surface area (Å²) in [6, 6.07) is 3.66. The van der Waals surface area contributed by atoms with Crippen molar-refractivity contribution in [2.24, 2.45) is 10.7 Å². The number of nitrogens with two attached hydrogens (primary N) is 1. The first-order chi connectivity index (χ1) is 9.65. The quantitative estimate of drug-likeness (QED) is 0.246. The number of nitrogens with zero attached hydrogens (tertiary/aromatic N) is 3. The van der Waals surface area contributed by atoms with Gasteiger partial charge in [0.05, 0.1) is 0 Å². The van der Waals surface area contributed by atoms with Crippen LogP contribution in [0.3, 0.4) is 0 Å². The molecule has 1 unspecified atom stereocenters. The van der Waals surface area contributed by atoms with Gasteiger partial charge in [-0.25, -0.2) is 0 Å². The predicted molar refractivity (Wildman–Crippen MR) is 82.8 cm³/mol. The van der Waals surface area contributed by atoms with Crippen molar-refractivity contribution in [3.63, 3.8) is 0 Å². The van der Waals surface area contributed by atoms with Crippen LogP contribution in [0.1, 0.15) is 18.9 Å². The normalized spacial score (nSPS) is 13.2. The predicted octanol–water partition coefficient (Wildman–Crippen LogP) is 1.77. The summed E-state index contributed by atoms with van der Waals surface area (Å²) >= 11 is 1.79. The van der Waals surface area contributed by atoms with Crippen LogP contribution in [0.5, 0.6) is 0 Å². The highest BCUT2D eigenvalue weighted by molar-refractivity contribution is 7.99. The number of nitro groups is 1. The molecular weight excluding hydrogens is 276 g/mol. The van der Waals surface area contributed by atoms with Crippen LogP contribution in [0.25, 0.3) is 0 Å². The van der Waals surface area contributed by atoms with Crippen LogP contribution in [-0.2, 0) is 6.42 Å². The van der Waals surface area contributed by atoms with E-state index in [4.69, 9.17) is 5.73 Å². The molecule has 0 aromatic carbocycles. The van der Waals surface area contributed by atoms with E-state index >= 15 is 0 Å². The Kier molecular flexibility index (Phi) is 7.82. The van der Waals surface area contributed by atoms with E-state index in [1.165, 1.54) is 0 Å². The highest BCUT2D eigenvalue weighted by Gasteiger charge is 2.21. The van der Waals surface area contributed by atoms with Crippen molar-refractivity contribution in [2.75, 3.05) is 18.1 Å². The minimum absolute atomic E-state index is 0.369. The number of thioether (sulfide) groups is 1. The van der Waals surface area contributed by atoms with E-state index < -0.39 is 11.1 Å². The van der Waals surface area contributed by atoms with Gasteiger partial charge < -0.3 is 0 Å². The van der Waals surface area contributed by atoms with Crippen molar-refractivity contribution in [1.82, 2.24) is 4.98 Å². The number of aromatic nitrogens is 1. The van der Waals surface area contributed by atoms with Crippen molar-refractivity contribution in [3.8, 4) is 0 Å². The zero-order valence-corrected chi connectivity index (χ0v) is 12.4. The summed E-state index contributed by atoms with van der Waals surface area (Å²) < 4.78 is 0. The second-order valence-corrected chi connectivity index (χ2v) is 5.48. The first-order valence-corrected chi connectivity index (χ1v) is 7.69. The molecule has 0 saturated heterocycles. The fraction of sp³-hybridized carbons (Fsp3) is 0.538. The highest BCUT2D eigenvalue weighted by atomic mass is 32.2. The Labute approximate surface area is 123 Å². The lowest BCUT2D eigenvalue weighted by molar-refractivity contribution is -0.501. The average Bonchev–Trinajstić information content (AvgIpc) is 2.46. The lowest BCUT2D eigenvalue weighted by Crippen LogP contribution is -2.39. The molecule has 0 aliphatic heterocycles. The number of hydrogen-bond donors (Lipinski definition) is 1. The maximum Gasteiger partial charge on any atom is 0.302 e. The molecule has 1 atom stereocenters. The Morgan fingerprint density at radius 1 is 1.60 bits per heavy atom. The summed E-state index contributed by atoms with van der Waals surface area (Å²) in [6.45, 7) is 2.68. The molecule has 7 heteroatoms. The van der Waals surface area contributed by atoms with Gasteiger partial charge in [-0.3, -0.25) is 25.8 Å². The Bertz CT molecular complexity index is 439. The van der Waals surface area contributed by atoms with Gasteiger partial charge in [-0.1, -0.05) is 13.0 Å². The van der Waals surface area contributed by atoms with Gasteiger partial charge in [0.1, 0.15) is 5.71 Å². The fourth-order valence-electron chi connectivity index (χ4n) is 1.59. The van der Waals surface area contributed by atoms with Crippen molar-refractivity contribution >= 4 is 17.5 Å². The van der Waals surface area contributed by atoms with E-state index in [1.54, 1.807) is 30.2 Å². The molecule has 0 aliphatic carbocycles. The zero-order valence-electron chi connectivity index (χ0n) is 11.6. The molecule has 2 N–H and O–H groups in total. The lowest BCUT2D eigenvalue weighted by atomic mass is 10.1. The van der Waals surface area contributed by atoms with Gasteiger partial charge in [-0.05, 0) is 23.8 Å². The van der Waals surface area contributed by atoms with Gasteiger partial charge in [-0.15, -0.1) is 0 Å². The third kappa shape index (κ3) is 6.12. The van der Waals surface area contributed by atoms with E-state index in [9.17, 15) is 10.1 Å². The van der Waals surface area contributed by atoms with Gasteiger partial charge in [-0.2, -0.15) is 11.8 Å². The van der Waals surface area contributed by atoms with Crippen molar-refractivity contribution in [1.29, 1.82) is 0 Å². The number of aliphatic imine (C=N–C) groups is 1. The van der Waals surface area contributed by atoms with Gasteiger partial charge in [0.25, 0.3) is 0 Å². The lowest BCUT2D eigenvalue weighted by Gasteiger charge is -2.08. The molecule has 0 amide bonds. The Morgan fingerprint density at radius 2 is 2.40 bits per heavy atom. The fourth-order valence-corrected chi connectivity index (χ4v) is 2.30. The van der Waals surface area contributed by atoms with Crippen LogP contribution in [0.2, 0.25) is 0 Å². The zero-order chi connectivity index (χ0) is 14.8. The summed E-state index contributed by atoms with van der Waals surface area (Å²) in [7, 11) is 0. The smallest absolute Gasteiger partial charge is 0.284 e. The molecule has 1 aromatic heterocycles. The van der Waals surface area contributed by atoms with Crippen molar-refractivity contribution < 1.29 is 4.92 Å². The molecule has 1 rings (SSSR count). The summed E-state index contributed by atoms with van der Waals surface area (Å²) in [4.78, 5) is 18.6. The molecule has 0 saturated carbocycles. The molecule has 1 heterocycles. The molecule has 6 nitrogen and oxygen atoms in total. The monoisotopic (exact) mass is 296 g/mol. The van der Waals surface area contributed by atoms with E-state index in [2.05, 4.69) is 16.9 Å². The van der Waals surface area contributed by atoms with E-state index in [0.29, 0.717) is 18.7 Å². The van der Waals surface area contributed by atoms with Crippen LogP contribution in [0, 0.1) is 10.1 Å². The van der Waals surface area contributed by atoms with Gasteiger partial charge in [0.2, 0.25) is 0 Å². The van der Waals surface area contributed by atoms with Crippen LogP contribution in [-0.4, -0.2) is 39.8 Å². The van der Waals surface area contributed by atoms with Crippen molar-refractivity contribution in [2.45, 2.75) is 25.9 Å². The number of pyridine rings is 1. The molecular formula is C13H20N4O2S. The first kappa shape index (κ1) is 16.6. The number of rotatable bonds is 9. The second kappa shape index (κ2) is 9.44. The van der Waals surface area contributed by atoms with Crippen LogP contribution in [0.15, 0.2) is 29.5 Å². The van der Waals surface area contributed by atoms with E-state index in [-0.39, 0.29) is 0 Å². The standard InChI is InChI=1S/C13H20N4O2S/c1-2-7-20-8-6-16-12(13(14)17(18)19)9-11-4-3-5-15-10-11/h3-5,10,13H,2,6-9,14H2,1H3. The molecule has 0 aliphatic rings. The largest absolute Gasteiger partial charge is 0.302 e. The molecule has 0 fully saturated rings. The Hall–Kier alpha value is -1.47. The maximum atomic E-state index is 10.8. The summed E-state index contributed by atoms with van der Waals surface area (Å²) in [5.41, 5.74) is 6.87. The van der Waals surface area contributed by atoms with Crippen LogP contribution < -0.4 is 5.73 Å². The van der Waals surface area contributed by atoms with Crippen LogP contribution in [0.4, 0.5) is 0 Å². The topological polar surface area (TPSA) is 94.4 Å². The average molecular weight is 296 g/mol. The maximum absolute atomic E-state index is 10.8. The summed E-state index contributed by atoms with van der Waals surface area (Å²) in [5, 5.41) is 10.8. The molecule has 0 bridgehead atoms. The van der Waals surface area contributed by atoms with Gasteiger partial charge in [0, 0.05) is 36.0 Å². The molecule has 0 spiro atoms. The summed E-state index contributed by atoms with van der Waals surface area (Å²) in [5.74, 6) is 1.93. The van der Waals surface area contributed by atoms with E-state index in [0.717, 1.165) is 23.5 Å². The number of hydrogen-bond acceptors (Lipinski definition) is 6. The van der Waals surface area contributed by atoms with Gasteiger partial charge in [0.15, 0.2) is 0 Å². The molecule has 110 valence electrons. The van der Waals surface area contributed by atoms with Crippen LogP contribution >= 0.6 is 11.8 Å². The Balaban J connectivity index is 2.65. The highest BCUT2D eigenvalue weighted by Crippen LogP contribution is 2.05. The minimum Gasteiger partial charge on any atom is -0.284 e. The second-order valence-electron chi connectivity index (χ2n) is 4.25. The first-order valence-electron chi connectivity index (χ1n) is 6.54. The molecule has 0 radical (unpaired) electrons.